The van der Waals surface area contributed by atoms with Crippen molar-refractivity contribution in [1.29, 1.82) is 0 Å². The average molecular weight is 598 g/mol. The van der Waals surface area contributed by atoms with E-state index < -0.39 is 163 Å². The largest absolute Gasteiger partial charge is 0.345 e. The van der Waals surface area contributed by atoms with E-state index in [-0.39, 0.29) is 6.07 Å². The number of ether oxygens (including phenoxy) is 1. The fourth-order valence-corrected chi connectivity index (χ4v) is 5.84. The number of likely N-dealkylation sites (N-methyl/N-ethyl adjacent to an activating group) is 1. The van der Waals surface area contributed by atoms with Crippen molar-refractivity contribution in [3.05, 3.63) is 29.3 Å². The summed E-state index contributed by atoms with van der Waals surface area (Å²) in [6.45, 7) is -7.46. The molecule has 1 aromatic rings. The quantitative estimate of drug-likeness (QED) is 0.393. The molecule has 2 aliphatic carbocycles. The summed E-state index contributed by atoms with van der Waals surface area (Å²) in [6.07, 6.45) is -47.1. The van der Waals surface area contributed by atoms with Crippen LogP contribution >= 0.6 is 7.14 Å². The van der Waals surface area contributed by atoms with Gasteiger partial charge in [0, 0.05) is 77.8 Å². The van der Waals surface area contributed by atoms with E-state index in [4.69, 9.17) is 17.8 Å². The lowest BCUT2D eigenvalue weighted by atomic mass is 9.71. The van der Waals surface area contributed by atoms with Crippen LogP contribution < -0.4 is 10.6 Å². The molecule has 5 fully saturated rings. The summed E-state index contributed by atoms with van der Waals surface area (Å²) in [4.78, 5) is 12.7. The molecule has 0 spiro atoms. The van der Waals surface area contributed by atoms with Crippen molar-refractivity contribution >= 4 is 18.4 Å². The van der Waals surface area contributed by atoms with Gasteiger partial charge in [-0.1, -0.05) is 18.5 Å². The van der Waals surface area contributed by atoms with E-state index in [1.54, 1.807) is 0 Å². The average Bonchev–Trinajstić information content (AvgIpc) is 3.37. The SMILES string of the molecule is [2H]C1[C@@]2([2H])N(C([2H])([2H])[2H])C(=O)C3([2H])C([2H])([2H])C([2H])([2H])C([2H])([2H])C([2H])(OC(F)F)C3([2H])[C@]1([2H])N1C3([2H])C([2H])([2H])C([2H])(c4ccc(P(C)(C)=O)c(C(F)F)c4)C([2H])([2H])C([2H])([2H])C3([2H])N([2H])C12[2H]. The number of nitrogens with one attached hydrogen (secondary N) is 1. The third-order valence-electron chi connectivity index (χ3n) is 6.26. The fraction of sp³-hybridized carbons (Fsp3) is 0.750. The molecule has 1 amide bonds. The maximum atomic E-state index is 15.0. The third-order valence-corrected chi connectivity index (χ3v) is 7.83. The zero-order valence-corrected chi connectivity index (χ0v) is 20.9. The number of carbonyl (C=O) groups excluding carboxylic acids is 1. The van der Waals surface area contributed by atoms with Gasteiger partial charge in [-0.2, -0.15) is 8.78 Å². The second kappa shape index (κ2) is 10.1. The van der Waals surface area contributed by atoms with E-state index in [9.17, 15) is 44.8 Å². The number of hydrogen-bond donors (Lipinski definition) is 1. The Hall–Kier alpha value is -1.48. The summed E-state index contributed by atoms with van der Waals surface area (Å²) in [7, 11) is -3.79. The number of hydrogen-bond acceptors (Lipinski definition) is 5. The molecule has 0 aromatic heterocycles. The Kier molecular flexibility index (Phi) is 2.76. The normalized spacial score (nSPS) is 75.8. The number of halogens is 4. The van der Waals surface area contributed by atoms with E-state index in [0.29, 0.717) is 12.1 Å². The topological polar surface area (TPSA) is 61.9 Å². The number of alkyl halides is 4. The molecule has 216 valence electrons. The molecule has 2 bridgehead atoms. The van der Waals surface area contributed by atoms with Crippen LogP contribution in [0.2, 0.25) is 1.41 Å². The van der Waals surface area contributed by atoms with Gasteiger partial charge in [-0.15, -0.1) is 0 Å². The summed E-state index contributed by atoms with van der Waals surface area (Å²) in [5, 5.41) is -1.80. The van der Waals surface area contributed by atoms with E-state index in [2.05, 4.69) is 4.74 Å². The summed E-state index contributed by atoms with van der Waals surface area (Å²) >= 11 is 0. The van der Waals surface area contributed by atoms with Gasteiger partial charge in [0.1, 0.15) is 8.55 Å². The number of benzene rings is 1. The minimum Gasteiger partial charge on any atom is -0.340 e. The predicted molar refractivity (Wildman–Crippen MR) is 140 cm³/mol. The Morgan fingerprint density at radius 3 is 2.67 bits per heavy atom. The minimum absolute atomic E-state index is 0.136. The molecule has 3 heterocycles. The highest BCUT2D eigenvalue weighted by molar-refractivity contribution is 7.70. The first-order chi connectivity index (χ1) is 28.4. The Labute approximate surface area is 263 Å². The monoisotopic (exact) mass is 597 g/mol. The summed E-state index contributed by atoms with van der Waals surface area (Å²) in [5.74, 6) is -18.4. The Balaban J connectivity index is 1.94. The van der Waals surface area contributed by atoms with Crippen LogP contribution in [0.5, 0.6) is 0 Å². The molecule has 3 aliphatic heterocycles. The smallest absolute Gasteiger partial charge is 0.340 e. The highest BCUT2D eigenvalue weighted by Gasteiger charge is 2.62. The van der Waals surface area contributed by atoms with Crippen molar-refractivity contribution in [3.63, 3.8) is 0 Å². The molecule has 1 aromatic carbocycles. The Bertz CT molecular complexity index is 2310. The van der Waals surface area contributed by atoms with Gasteiger partial charge in [-0.05, 0) is 69.1 Å². The van der Waals surface area contributed by atoms with Crippen molar-refractivity contribution in [1.82, 2.24) is 15.1 Å². The van der Waals surface area contributed by atoms with Crippen LogP contribution in [0.25, 0.3) is 0 Å². The third kappa shape index (κ3) is 4.67. The van der Waals surface area contributed by atoms with Crippen LogP contribution in [0.4, 0.5) is 17.6 Å². The van der Waals surface area contributed by atoms with Crippen LogP contribution in [0.15, 0.2) is 18.2 Å². The van der Waals surface area contributed by atoms with E-state index in [1.807, 2.05) is 0 Å². The summed E-state index contributed by atoms with van der Waals surface area (Å²) in [5.41, 5.74) is -2.76. The zero-order chi connectivity index (χ0) is 51.1. The summed E-state index contributed by atoms with van der Waals surface area (Å²) in [6, 6.07) is -18.8. The maximum Gasteiger partial charge on any atom is 0.345 e. The molecule has 6 rings (SSSR count). The molecule has 1 N–H and O–H groups in total. The molecular formula is C28H38F4N3O3P. The molecule has 0 radical (unpaired) electrons. The number of likely N-dealkylation sites (tertiary alicyclic amines) is 1. The van der Waals surface area contributed by atoms with Crippen molar-refractivity contribution in [2.75, 3.05) is 20.3 Å². The number of carbonyl (C=O) groups is 1. The first-order valence-electron chi connectivity index (χ1n) is 24.2. The van der Waals surface area contributed by atoms with E-state index >= 15 is 0 Å². The van der Waals surface area contributed by atoms with E-state index in [1.165, 1.54) is 0 Å². The van der Waals surface area contributed by atoms with Gasteiger partial charge in [0.15, 0.2) is 0 Å². The van der Waals surface area contributed by atoms with Gasteiger partial charge in [0.25, 0.3) is 6.43 Å². The lowest BCUT2D eigenvalue weighted by Crippen LogP contribution is -2.58. The molecular weight excluding hydrogens is 533 g/mol. The molecule has 39 heavy (non-hydrogen) atoms. The highest BCUT2D eigenvalue weighted by atomic mass is 31.2. The molecule has 11 heteroatoms. The molecule has 8 unspecified atom stereocenters. The maximum absolute atomic E-state index is 15.0. The van der Waals surface area contributed by atoms with Gasteiger partial charge >= 0.3 is 6.61 Å². The van der Waals surface area contributed by atoms with Gasteiger partial charge in [0.05, 0.1) is 22.4 Å². The second-order valence-electron chi connectivity index (χ2n) is 9.03. The van der Waals surface area contributed by atoms with Crippen molar-refractivity contribution in [3.8, 4) is 0 Å². The van der Waals surface area contributed by atoms with Crippen LogP contribution in [0.1, 0.15) is 102 Å². The Morgan fingerprint density at radius 2 is 1.97 bits per heavy atom. The lowest BCUT2D eigenvalue weighted by Gasteiger charge is -2.46. The molecule has 6 nitrogen and oxygen atoms in total. The highest BCUT2D eigenvalue weighted by Crippen LogP contribution is 2.51. The molecule has 5 aliphatic rings. The van der Waals surface area contributed by atoms with Crippen LogP contribution in [-0.2, 0) is 14.1 Å². The molecule has 2 saturated carbocycles. The van der Waals surface area contributed by atoms with Gasteiger partial charge < -0.3 is 14.2 Å². The van der Waals surface area contributed by atoms with Crippen molar-refractivity contribution < 1.29 is 67.3 Å². The second-order valence-corrected chi connectivity index (χ2v) is 12.2. The molecule has 10 atom stereocenters. The fourth-order valence-electron chi connectivity index (χ4n) is 4.62. The minimum atomic E-state index is -5.52. The number of amides is 1. The van der Waals surface area contributed by atoms with Gasteiger partial charge in [-0.25, -0.2) is 8.78 Å². The van der Waals surface area contributed by atoms with Crippen LogP contribution in [-0.4, -0.2) is 78.9 Å². The van der Waals surface area contributed by atoms with Crippen molar-refractivity contribution in [2.24, 2.45) is 11.8 Å². The standard InChI is InChI=1S/C28H38F4N3O3P/c1-34-21-13-20(24-16(27(34)36)5-4-6-22(24)38-28(31)32)35-19-12-15(7-9-18(19)33-26(21)35)14-8-10-23(39(2,3)37)17(11-14)25(29)30/h8,10-11,15-16,18-22,24-26,28,33H,4-7,9,12-13H2,1-3H3/t15?,16?,18?,19?,20-,21-,22?,24?,26?/m1/s1/i1D3,4D2,5D2,6D2,7D2,9D2,12D2,13D,15D,16D,18D,19D,20D,21D,22D,24D,26D/hD/t13?,15?,16?,18?,19?,20-,21-,22?,24?,26?. The van der Waals surface area contributed by atoms with E-state index in [0.717, 1.165) is 13.3 Å². The van der Waals surface area contributed by atoms with Crippen LogP contribution in [0.3, 0.4) is 0 Å². The predicted octanol–water partition coefficient (Wildman–Crippen LogP) is 4.75. The van der Waals surface area contributed by atoms with Crippen molar-refractivity contribution in [2.45, 2.75) is 99.9 Å². The molecule has 3 saturated heterocycles. The first kappa shape index (κ1) is 10.7. The van der Waals surface area contributed by atoms with Gasteiger partial charge in [0.2, 0.25) is 5.91 Å². The lowest BCUT2D eigenvalue weighted by molar-refractivity contribution is -0.199. The zero-order valence-electron chi connectivity index (χ0n) is 46.0. The number of nitrogens with zero attached hydrogens (tertiary/aromatic N) is 2. The number of rotatable bonds is 5. The first-order valence-corrected chi connectivity index (χ1v) is 13.8. The Morgan fingerprint density at radius 1 is 1.18 bits per heavy atom. The summed E-state index contributed by atoms with van der Waals surface area (Å²) < 4.78 is 314. The van der Waals surface area contributed by atoms with Gasteiger partial charge in [-0.3, -0.25) is 15.0 Å². The number of fused-ring (bicyclic) bond motifs is 9. The van der Waals surface area contributed by atoms with Crippen LogP contribution in [0, 0.1) is 11.8 Å².